The van der Waals surface area contributed by atoms with E-state index in [2.05, 4.69) is 32.1 Å². The molecule has 9 nitrogen and oxygen atoms in total. The van der Waals surface area contributed by atoms with E-state index in [0.717, 1.165) is 15.8 Å². The quantitative estimate of drug-likeness (QED) is 0.242. The number of benzene rings is 3. The minimum atomic E-state index is -0.689. The molecule has 0 aliphatic heterocycles. The van der Waals surface area contributed by atoms with Crippen LogP contribution >= 0.6 is 15.9 Å². The molecule has 0 atom stereocenters. The van der Waals surface area contributed by atoms with Crippen LogP contribution in [-0.4, -0.2) is 30.3 Å². The summed E-state index contributed by atoms with van der Waals surface area (Å²) in [6, 6.07) is 21.2. The van der Waals surface area contributed by atoms with E-state index in [0.29, 0.717) is 17.0 Å². The minimum absolute atomic E-state index is 0.0325. The predicted octanol–water partition coefficient (Wildman–Crippen LogP) is 4.66. The molecular weight excluding hydrogens is 542 g/mol. The Hall–Kier alpha value is -4.18. The topological polar surface area (TPSA) is 123 Å². The number of carbonyl (C=O) groups is 4. The number of esters is 1. The summed E-state index contributed by atoms with van der Waals surface area (Å²) in [5.74, 6) is -0.718. The average molecular weight is 568 g/mol. The average Bonchev–Trinajstić information content (AvgIpc) is 2.89. The fraction of sp³-hybridized carbons (Fsp3) is 0.185. The number of carbonyl (C=O) groups excluding carboxylic acids is 4. The van der Waals surface area contributed by atoms with Crippen LogP contribution in [0.4, 0.5) is 5.69 Å². The van der Waals surface area contributed by atoms with Crippen LogP contribution in [-0.2, 0) is 19.1 Å². The van der Waals surface area contributed by atoms with Gasteiger partial charge in [0.05, 0.1) is 0 Å². The second-order valence-corrected chi connectivity index (χ2v) is 8.93. The Morgan fingerprint density at radius 1 is 0.757 bits per heavy atom. The van der Waals surface area contributed by atoms with Crippen molar-refractivity contribution in [3.63, 3.8) is 0 Å². The highest BCUT2D eigenvalue weighted by molar-refractivity contribution is 9.10. The number of anilines is 1. The van der Waals surface area contributed by atoms with Crippen LogP contribution in [0.25, 0.3) is 0 Å². The highest BCUT2D eigenvalue weighted by Gasteiger charge is 2.11. The number of nitrogens with one attached hydrogen (secondary N) is 3. The van der Waals surface area contributed by atoms with Gasteiger partial charge in [0, 0.05) is 28.6 Å². The van der Waals surface area contributed by atoms with Crippen LogP contribution in [0, 0.1) is 6.92 Å². The number of hydrogen-bond acceptors (Lipinski definition) is 6. The molecule has 0 aliphatic rings. The van der Waals surface area contributed by atoms with Gasteiger partial charge in [0.1, 0.15) is 11.5 Å². The molecule has 0 saturated heterocycles. The van der Waals surface area contributed by atoms with Gasteiger partial charge in [0.2, 0.25) is 5.91 Å². The molecule has 0 bridgehead atoms. The van der Waals surface area contributed by atoms with E-state index in [1.807, 2.05) is 31.2 Å². The van der Waals surface area contributed by atoms with Crippen molar-refractivity contribution >= 4 is 45.3 Å². The number of amides is 3. The predicted molar refractivity (Wildman–Crippen MR) is 141 cm³/mol. The van der Waals surface area contributed by atoms with Crippen molar-refractivity contribution in [2.24, 2.45) is 0 Å². The molecule has 0 unspecified atom stereocenters. The third-order valence-corrected chi connectivity index (χ3v) is 5.49. The van der Waals surface area contributed by atoms with E-state index < -0.39 is 24.4 Å². The van der Waals surface area contributed by atoms with Crippen LogP contribution in [0.2, 0.25) is 0 Å². The maximum atomic E-state index is 12.2. The lowest BCUT2D eigenvalue weighted by Crippen LogP contribution is -2.43. The molecule has 0 fully saturated rings. The van der Waals surface area contributed by atoms with Gasteiger partial charge in [0.25, 0.3) is 11.8 Å². The zero-order chi connectivity index (χ0) is 26.6. The second kappa shape index (κ2) is 13.8. The van der Waals surface area contributed by atoms with Crippen LogP contribution in [0.3, 0.4) is 0 Å². The number of hydrogen-bond donors (Lipinski definition) is 3. The first-order valence-corrected chi connectivity index (χ1v) is 12.2. The molecule has 3 N–H and O–H groups in total. The molecule has 3 aromatic rings. The first-order chi connectivity index (χ1) is 17.8. The van der Waals surface area contributed by atoms with Crippen LogP contribution in [0.15, 0.2) is 77.3 Å². The summed E-state index contributed by atoms with van der Waals surface area (Å²) in [6.07, 6.45) is 0.322. The molecule has 0 heterocycles. The first kappa shape index (κ1) is 27.4. The zero-order valence-corrected chi connectivity index (χ0v) is 21.7. The monoisotopic (exact) mass is 567 g/mol. The van der Waals surface area contributed by atoms with Gasteiger partial charge in [-0.3, -0.25) is 30.0 Å². The fourth-order valence-electron chi connectivity index (χ4n) is 3.02. The summed E-state index contributed by atoms with van der Waals surface area (Å²) in [5, 5.41) is 2.75. The molecule has 0 saturated carbocycles. The molecule has 3 amide bonds. The van der Waals surface area contributed by atoms with Gasteiger partial charge in [-0.15, -0.1) is 0 Å². The van der Waals surface area contributed by atoms with Crippen molar-refractivity contribution in [1.29, 1.82) is 0 Å². The smallest absolute Gasteiger partial charge is 0.306 e. The third kappa shape index (κ3) is 9.77. The van der Waals surface area contributed by atoms with E-state index in [9.17, 15) is 19.2 Å². The number of hydrazine groups is 1. The molecule has 192 valence electrons. The Balaban J connectivity index is 1.29. The Morgan fingerprint density at radius 3 is 2.03 bits per heavy atom. The number of ether oxygens (including phenoxy) is 2. The third-order valence-electron chi connectivity index (χ3n) is 4.97. The summed E-state index contributed by atoms with van der Waals surface area (Å²) in [7, 11) is 0. The standard InChI is InChI=1S/C27H26BrN3O6/c1-18-5-13-22(14-6-18)37-23-15-11-21(12-16-23)29-24(32)3-2-4-26(34)36-17-25(33)30-31-27(35)19-7-9-20(28)10-8-19/h5-16H,2-4,17H2,1H3,(H,29,32)(H,30,33)(H,31,35). The molecule has 0 spiro atoms. The summed E-state index contributed by atoms with van der Waals surface area (Å²) in [5.41, 5.74) is 6.50. The fourth-order valence-corrected chi connectivity index (χ4v) is 3.28. The van der Waals surface area contributed by atoms with Gasteiger partial charge in [-0.25, -0.2) is 0 Å². The lowest BCUT2D eigenvalue weighted by molar-refractivity contribution is -0.148. The first-order valence-electron chi connectivity index (χ1n) is 11.4. The Morgan fingerprint density at radius 2 is 1.38 bits per heavy atom. The Labute approximate surface area is 222 Å². The maximum Gasteiger partial charge on any atom is 0.306 e. The van der Waals surface area contributed by atoms with Crippen LogP contribution in [0.5, 0.6) is 11.5 Å². The molecule has 10 heteroatoms. The highest BCUT2D eigenvalue weighted by Crippen LogP contribution is 2.23. The van der Waals surface area contributed by atoms with E-state index in [1.54, 1.807) is 48.5 Å². The van der Waals surface area contributed by atoms with Gasteiger partial charge in [0.15, 0.2) is 6.61 Å². The summed E-state index contributed by atoms with van der Waals surface area (Å²) in [6.45, 7) is 1.45. The van der Waals surface area contributed by atoms with Crippen LogP contribution < -0.4 is 20.9 Å². The van der Waals surface area contributed by atoms with Gasteiger partial charge in [-0.05, 0) is 74.0 Å². The summed E-state index contributed by atoms with van der Waals surface area (Å²) < 4.78 is 11.4. The lowest BCUT2D eigenvalue weighted by atomic mass is 10.2. The molecule has 3 aromatic carbocycles. The largest absolute Gasteiger partial charge is 0.457 e. The van der Waals surface area contributed by atoms with Crippen molar-refractivity contribution < 1.29 is 28.7 Å². The summed E-state index contributed by atoms with van der Waals surface area (Å²) in [4.78, 5) is 47.7. The molecule has 37 heavy (non-hydrogen) atoms. The second-order valence-electron chi connectivity index (χ2n) is 8.01. The van der Waals surface area contributed by atoms with E-state index in [1.165, 1.54) is 0 Å². The lowest BCUT2D eigenvalue weighted by Gasteiger charge is -2.09. The molecule has 0 aliphatic carbocycles. The zero-order valence-electron chi connectivity index (χ0n) is 20.1. The maximum absolute atomic E-state index is 12.2. The number of halogens is 1. The number of aryl methyl sites for hydroxylation is 1. The van der Waals surface area contributed by atoms with Crippen molar-refractivity contribution in [2.45, 2.75) is 26.2 Å². The highest BCUT2D eigenvalue weighted by atomic mass is 79.9. The van der Waals surface area contributed by atoms with Gasteiger partial charge in [-0.1, -0.05) is 33.6 Å². The van der Waals surface area contributed by atoms with Gasteiger partial charge >= 0.3 is 5.97 Å². The van der Waals surface area contributed by atoms with Gasteiger partial charge < -0.3 is 14.8 Å². The molecule has 3 rings (SSSR count). The Bertz CT molecular complexity index is 1230. The van der Waals surface area contributed by atoms with Crippen molar-refractivity contribution in [1.82, 2.24) is 10.9 Å². The van der Waals surface area contributed by atoms with Crippen molar-refractivity contribution in [2.75, 3.05) is 11.9 Å². The van der Waals surface area contributed by atoms with Crippen LogP contribution in [0.1, 0.15) is 35.2 Å². The van der Waals surface area contributed by atoms with Crippen molar-refractivity contribution in [3.05, 3.63) is 88.4 Å². The number of rotatable bonds is 10. The van der Waals surface area contributed by atoms with Gasteiger partial charge in [-0.2, -0.15) is 0 Å². The molecule has 0 radical (unpaired) electrons. The van der Waals surface area contributed by atoms with Crippen molar-refractivity contribution in [3.8, 4) is 11.5 Å². The molecular formula is C27H26BrN3O6. The summed E-state index contributed by atoms with van der Waals surface area (Å²) >= 11 is 3.27. The molecule has 0 aromatic heterocycles. The van der Waals surface area contributed by atoms with E-state index >= 15 is 0 Å². The SMILES string of the molecule is Cc1ccc(Oc2ccc(NC(=O)CCCC(=O)OCC(=O)NNC(=O)c3ccc(Br)cc3)cc2)cc1. The minimum Gasteiger partial charge on any atom is -0.457 e. The normalized spacial score (nSPS) is 10.2. The van der Waals surface area contributed by atoms with E-state index in [4.69, 9.17) is 9.47 Å². The van der Waals surface area contributed by atoms with E-state index in [-0.39, 0.29) is 25.2 Å². The Kier molecular flexibility index (Phi) is 10.2.